The molecule has 0 aliphatic heterocycles. The van der Waals surface area contributed by atoms with Gasteiger partial charge in [0.2, 0.25) is 0 Å². The van der Waals surface area contributed by atoms with Gasteiger partial charge < -0.3 is 9.79 Å². The van der Waals surface area contributed by atoms with Gasteiger partial charge in [-0.3, -0.25) is 9.55 Å². The van der Waals surface area contributed by atoms with Crippen molar-refractivity contribution in [2.24, 2.45) is 0 Å². The zero-order valence-electron chi connectivity index (χ0n) is 9.82. The predicted molar refractivity (Wildman–Crippen MR) is 68.5 cm³/mol. The molecule has 94 valence electrons. The van der Waals surface area contributed by atoms with Gasteiger partial charge in [-0.15, -0.1) is 0 Å². The van der Waals surface area contributed by atoms with Crippen molar-refractivity contribution in [1.29, 1.82) is 0 Å². The van der Waals surface area contributed by atoms with E-state index in [1.54, 1.807) is 18.2 Å². The molecular weight excluding hydrogens is 251 g/mol. The SMILES string of the molecule is CCc1cccc(-c2cccc(P(=O)(O)O)n2)n1. The normalized spacial score (nSPS) is 11.5. The first-order valence-corrected chi connectivity index (χ1v) is 7.11. The predicted octanol–water partition coefficient (Wildman–Crippen LogP) is 1.51. The highest BCUT2D eigenvalue weighted by Crippen LogP contribution is 2.32. The summed E-state index contributed by atoms with van der Waals surface area (Å²) in [5, 5.41) is 0. The monoisotopic (exact) mass is 264 g/mol. The van der Waals surface area contributed by atoms with Crippen LogP contribution in [0.15, 0.2) is 36.4 Å². The summed E-state index contributed by atoms with van der Waals surface area (Å²) in [6.07, 6.45) is 0.798. The van der Waals surface area contributed by atoms with Crippen LogP contribution in [0.3, 0.4) is 0 Å². The molecular formula is C12H13N2O3P. The zero-order chi connectivity index (χ0) is 13.2. The molecule has 0 amide bonds. The van der Waals surface area contributed by atoms with Crippen molar-refractivity contribution in [2.75, 3.05) is 0 Å². The van der Waals surface area contributed by atoms with E-state index in [2.05, 4.69) is 9.97 Å². The van der Waals surface area contributed by atoms with Gasteiger partial charge in [-0.05, 0) is 30.7 Å². The second-order valence-corrected chi connectivity index (χ2v) is 5.34. The van der Waals surface area contributed by atoms with Crippen molar-refractivity contribution in [1.82, 2.24) is 9.97 Å². The van der Waals surface area contributed by atoms with Crippen molar-refractivity contribution in [3.63, 3.8) is 0 Å². The molecule has 0 saturated carbocycles. The van der Waals surface area contributed by atoms with Gasteiger partial charge in [0, 0.05) is 5.69 Å². The molecule has 2 aromatic rings. The Morgan fingerprint density at radius 1 is 1.06 bits per heavy atom. The van der Waals surface area contributed by atoms with Gasteiger partial charge >= 0.3 is 7.60 Å². The summed E-state index contributed by atoms with van der Waals surface area (Å²) < 4.78 is 11.2. The molecule has 0 fully saturated rings. The summed E-state index contributed by atoms with van der Waals surface area (Å²) in [5.41, 5.74) is 1.76. The maximum Gasteiger partial charge on any atom is 0.374 e. The molecule has 2 aromatic heterocycles. The lowest BCUT2D eigenvalue weighted by molar-refractivity contribution is 0.386. The van der Waals surface area contributed by atoms with E-state index in [-0.39, 0.29) is 5.44 Å². The van der Waals surface area contributed by atoms with Crippen LogP contribution >= 0.6 is 7.60 Å². The summed E-state index contributed by atoms with van der Waals surface area (Å²) in [4.78, 5) is 26.5. The van der Waals surface area contributed by atoms with E-state index in [1.807, 2.05) is 19.1 Å². The van der Waals surface area contributed by atoms with Crippen LogP contribution in [-0.2, 0) is 11.0 Å². The lowest BCUT2D eigenvalue weighted by atomic mass is 10.2. The molecule has 0 spiro atoms. The van der Waals surface area contributed by atoms with Gasteiger partial charge in [-0.1, -0.05) is 19.1 Å². The molecule has 0 bridgehead atoms. The van der Waals surface area contributed by atoms with Crippen LogP contribution in [0, 0.1) is 0 Å². The quantitative estimate of drug-likeness (QED) is 0.821. The third-order valence-electron chi connectivity index (χ3n) is 2.46. The largest absolute Gasteiger partial charge is 0.374 e. The number of hydrogen-bond donors (Lipinski definition) is 2. The Bertz CT molecular complexity index is 610. The second-order valence-electron chi connectivity index (χ2n) is 3.79. The summed E-state index contributed by atoms with van der Waals surface area (Å²) in [5.74, 6) is 0. The Kier molecular flexibility index (Phi) is 3.57. The van der Waals surface area contributed by atoms with Crippen molar-refractivity contribution < 1.29 is 14.4 Å². The molecule has 0 aliphatic carbocycles. The highest BCUT2D eigenvalue weighted by Gasteiger charge is 2.19. The van der Waals surface area contributed by atoms with Crippen molar-refractivity contribution in [2.45, 2.75) is 13.3 Å². The van der Waals surface area contributed by atoms with E-state index in [4.69, 9.17) is 9.79 Å². The smallest absolute Gasteiger partial charge is 0.320 e. The summed E-state index contributed by atoms with van der Waals surface area (Å²) >= 11 is 0. The highest BCUT2D eigenvalue weighted by molar-refractivity contribution is 7.60. The van der Waals surface area contributed by atoms with Gasteiger partial charge in [0.1, 0.15) is 0 Å². The van der Waals surface area contributed by atoms with E-state index in [1.165, 1.54) is 6.07 Å². The van der Waals surface area contributed by atoms with E-state index in [0.717, 1.165) is 12.1 Å². The van der Waals surface area contributed by atoms with Crippen LogP contribution in [0.25, 0.3) is 11.4 Å². The lowest BCUT2D eigenvalue weighted by Crippen LogP contribution is -2.09. The van der Waals surface area contributed by atoms with Crippen molar-refractivity contribution >= 4 is 13.0 Å². The summed E-state index contributed by atoms with van der Waals surface area (Å²) in [6, 6.07) is 10.1. The average Bonchev–Trinajstić information content (AvgIpc) is 2.38. The fourth-order valence-corrected chi connectivity index (χ4v) is 2.07. The topological polar surface area (TPSA) is 83.3 Å². The van der Waals surface area contributed by atoms with Gasteiger partial charge in [-0.2, -0.15) is 0 Å². The van der Waals surface area contributed by atoms with Gasteiger partial charge in [0.25, 0.3) is 0 Å². The first-order valence-electron chi connectivity index (χ1n) is 5.50. The molecule has 0 aliphatic rings. The lowest BCUT2D eigenvalue weighted by Gasteiger charge is -2.06. The zero-order valence-corrected chi connectivity index (χ0v) is 10.7. The number of aryl methyl sites for hydroxylation is 1. The third kappa shape index (κ3) is 2.82. The molecule has 2 heterocycles. The van der Waals surface area contributed by atoms with Crippen LogP contribution in [-0.4, -0.2) is 19.8 Å². The first kappa shape index (κ1) is 12.9. The third-order valence-corrected chi connectivity index (χ3v) is 3.31. The Balaban J connectivity index is 2.48. The Hall–Kier alpha value is -1.55. The number of hydrogen-bond acceptors (Lipinski definition) is 3. The van der Waals surface area contributed by atoms with E-state index in [9.17, 15) is 4.57 Å². The first-order chi connectivity index (χ1) is 8.50. The molecule has 5 nitrogen and oxygen atoms in total. The molecule has 0 aromatic carbocycles. The average molecular weight is 264 g/mol. The van der Waals surface area contributed by atoms with E-state index < -0.39 is 7.60 Å². The standard InChI is InChI=1S/C12H13N2O3P/c1-2-9-5-3-6-10(13-9)11-7-4-8-12(14-11)18(15,16)17/h3-8H,2H2,1H3,(H2,15,16,17). The molecule has 0 unspecified atom stereocenters. The molecule has 0 saturated heterocycles. The number of nitrogens with zero attached hydrogens (tertiary/aromatic N) is 2. The van der Waals surface area contributed by atoms with Crippen molar-refractivity contribution in [3.8, 4) is 11.4 Å². The second kappa shape index (κ2) is 4.98. The fraction of sp³-hybridized carbons (Fsp3) is 0.167. The number of aromatic nitrogens is 2. The van der Waals surface area contributed by atoms with E-state index in [0.29, 0.717) is 11.4 Å². The van der Waals surface area contributed by atoms with Crippen LogP contribution in [0.4, 0.5) is 0 Å². The molecule has 18 heavy (non-hydrogen) atoms. The van der Waals surface area contributed by atoms with Crippen LogP contribution in [0.1, 0.15) is 12.6 Å². The van der Waals surface area contributed by atoms with Crippen LogP contribution in [0.5, 0.6) is 0 Å². The highest BCUT2D eigenvalue weighted by atomic mass is 31.2. The fourth-order valence-electron chi connectivity index (χ4n) is 1.55. The summed E-state index contributed by atoms with van der Waals surface area (Å²) in [7, 11) is -4.32. The number of pyridine rings is 2. The molecule has 2 N–H and O–H groups in total. The maximum atomic E-state index is 11.2. The minimum atomic E-state index is -4.32. The van der Waals surface area contributed by atoms with Crippen molar-refractivity contribution in [3.05, 3.63) is 42.1 Å². The number of rotatable bonds is 3. The Labute approximate surface area is 105 Å². The minimum Gasteiger partial charge on any atom is -0.320 e. The van der Waals surface area contributed by atoms with Crippen LogP contribution < -0.4 is 5.44 Å². The Morgan fingerprint density at radius 2 is 1.67 bits per heavy atom. The summed E-state index contributed by atoms with van der Waals surface area (Å²) in [6.45, 7) is 1.99. The van der Waals surface area contributed by atoms with Gasteiger partial charge in [0.15, 0.2) is 5.44 Å². The molecule has 2 rings (SSSR count). The molecule has 0 radical (unpaired) electrons. The van der Waals surface area contributed by atoms with Gasteiger partial charge in [-0.25, -0.2) is 4.98 Å². The Morgan fingerprint density at radius 3 is 2.28 bits per heavy atom. The molecule has 0 atom stereocenters. The van der Waals surface area contributed by atoms with Gasteiger partial charge in [0.05, 0.1) is 11.4 Å². The molecule has 6 heteroatoms. The van der Waals surface area contributed by atoms with E-state index >= 15 is 0 Å². The maximum absolute atomic E-state index is 11.2. The minimum absolute atomic E-state index is 0.233. The van der Waals surface area contributed by atoms with Crippen LogP contribution in [0.2, 0.25) is 0 Å².